The number of benzene rings is 1. The maximum atomic E-state index is 12.9. The summed E-state index contributed by atoms with van der Waals surface area (Å²) in [6.07, 6.45) is -3.37. The first-order valence-electron chi connectivity index (χ1n) is 6.16. The molecule has 1 heterocycles. The molecule has 1 aliphatic heterocycles. The molecule has 2 N–H and O–H groups in total. The number of hydrogen-bond donors (Lipinski definition) is 1. The predicted molar refractivity (Wildman–Crippen MR) is 75.9 cm³/mol. The average molecular weight is 319 g/mol. The number of rotatable bonds is 3. The van der Waals surface area contributed by atoms with Crippen LogP contribution < -0.4 is 10.5 Å². The third-order valence-corrected chi connectivity index (χ3v) is 3.49. The number of nitrogens with two attached hydrogens (primary N) is 1. The van der Waals surface area contributed by atoms with Gasteiger partial charge in [-0.2, -0.15) is 13.2 Å². The largest absolute Gasteiger partial charge is 0.497 e. The van der Waals surface area contributed by atoms with Crippen LogP contribution in [0.2, 0.25) is 0 Å². The molecule has 1 aromatic rings. The summed E-state index contributed by atoms with van der Waals surface area (Å²) in [6.45, 7) is 0.0114. The Balaban J connectivity index is 2.24. The molecule has 0 amide bonds. The molecule has 0 radical (unpaired) electrons. The van der Waals surface area contributed by atoms with Crippen molar-refractivity contribution < 1.29 is 17.9 Å². The second-order valence-electron chi connectivity index (χ2n) is 4.92. The van der Waals surface area contributed by atoms with Gasteiger partial charge in [0.15, 0.2) is 0 Å². The predicted octanol–water partition coefficient (Wildman–Crippen LogP) is 3.07. The topological polar surface area (TPSA) is 47.6 Å². The molecule has 21 heavy (non-hydrogen) atoms. The monoisotopic (exact) mass is 318 g/mol. The first-order chi connectivity index (χ1) is 9.73. The van der Waals surface area contributed by atoms with E-state index < -0.39 is 22.5 Å². The number of halogens is 4. The van der Waals surface area contributed by atoms with Gasteiger partial charge in [0.2, 0.25) is 0 Å². The zero-order chi connectivity index (χ0) is 15.7. The molecule has 2 rings (SSSR count). The first-order valence-corrected chi connectivity index (χ1v) is 6.53. The normalized spacial score (nSPS) is 22.6. The highest BCUT2D eigenvalue weighted by Gasteiger charge is 2.41. The first kappa shape index (κ1) is 15.9. The van der Waals surface area contributed by atoms with E-state index in [2.05, 4.69) is 4.99 Å². The number of ether oxygens (including phenoxy) is 1. The van der Waals surface area contributed by atoms with E-state index in [1.54, 1.807) is 24.3 Å². The van der Waals surface area contributed by atoms with Crippen molar-refractivity contribution in [1.29, 1.82) is 0 Å². The molecule has 3 nitrogen and oxygen atoms in total. The van der Waals surface area contributed by atoms with E-state index in [-0.39, 0.29) is 13.0 Å². The molecule has 1 aliphatic rings. The van der Waals surface area contributed by atoms with Crippen molar-refractivity contribution in [3.63, 3.8) is 0 Å². The highest BCUT2D eigenvalue weighted by molar-refractivity contribution is 6.69. The van der Waals surface area contributed by atoms with Gasteiger partial charge in [-0.05, 0) is 30.2 Å². The fraction of sp³-hybridized carbons (Fsp3) is 0.357. The summed E-state index contributed by atoms with van der Waals surface area (Å²) in [7, 11) is 1.54. The second kappa shape index (κ2) is 5.69. The molecule has 0 saturated heterocycles. The van der Waals surface area contributed by atoms with E-state index in [0.717, 1.165) is 11.6 Å². The van der Waals surface area contributed by atoms with Gasteiger partial charge in [-0.1, -0.05) is 23.7 Å². The molecule has 0 saturated carbocycles. The summed E-state index contributed by atoms with van der Waals surface area (Å²) in [6, 6.07) is 6.97. The van der Waals surface area contributed by atoms with Crippen LogP contribution >= 0.6 is 11.6 Å². The third-order valence-electron chi connectivity index (χ3n) is 3.16. The van der Waals surface area contributed by atoms with Gasteiger partial charge in [0.05, 0.1) is 24.8 Å². The number of aliphatic imine (C=N–C) groups is 1. The Labute approximate surface area is 125 Å². The summed E-state index contributed by atoms with van der Waals surface area (Å²) in [5.41, 5.74) is 4.64. The fourth-order valence-electron chi connectivity index (χ4n) is 2.12. The number of methoxy groups -OCH3 is 1. The molecule has 1 atom stereocenters. The third kappa shape index (κ3) is 3.77. The fourth-order valence-corrected chi connectivity index (χ4v) is 2.35. The zero-order valence-electron chi connectivity index (χ0n) is 11.2. The Hall–Kier alpha value is -1.53. The van der Waals surface area contributed by atoms with Crippen LogP contribution in [0, 0.1) is 0 Å². The Kier molecular flexibility index (Phi) is 4.30. The van der Waals surface area contributed by atoms with E-state index in [1.807, 2.05) is 0 Å². The highest BCUT2D eigenvalue weighted by atomic mass is 35.5. The van der Waals surface area contributed by atoms with Gasteiger partial charge in [-0.3, -0.25) is 4.99 Å². The molecule has 1 aromatic carbocycles. The van der Waals surface area contributed by atoms with Crippen molar-refractivity contribution in [2.24, 2.45) is 10.7 Å². The Morgan fingerprint density at radius 1 is 1.33 bits per heavy atom. The van der Waals surface area contributed by atoms with Crippen molar-refractivity contribution in [3.05, 3.63) is 41.5 Å². The minimum Gasteiger partial charge on any atom is -0.497 e. The Morgan fingerprint density at radius 2 is 1.95 bits per heavy atom. The van der Waals surface area contributed by atoms with Gasteiger partial charge in [-0.15, -0.1) is 0 Å². The van der Waals surface area contributed by atoms with Crippen LogP contribution in [-0.4, -0.2) is 30.5 Å². The van der Waals surface area contributed by atoms with Gasteiger partial charge in [0.25, 0.3) is 0 Å². The lowest BCUT2D eigenvalue weighted by atomic mass is 9.88. The van der Waals surface area contributed by atoms with Crippen LogP contribution in [0.5, 0.6) is 5.75 Å². The SMILES string of the molecule is COc1ccc(CC2(N)C=C(C(F)(F)F)C(Cl)=NC2)cc1. The lowest BCUT2D eigenvalue weighted by molar-refractivity contribution is -0.0866. The quantitative estimate of drug-likeness (QED) is 0.931. The van der Waals surface area contributed by atoms with E-state index in [9.17, 15) is 13.2 Å². The van der Waals surface area contributed by atoms with Gasteiger partial charge in [-0.25, -0.2) is 0 Å². The van der Waals surface area contributed by atoms with Crippen LogP contribution in [0.4, 0.5) is 13.2 Å². The van der Waals surface area contributed by atoms with Gasteiger partial charge >= 0.3 is 6.18 Å². The summed E-state index contributed by atoms with van der Waals surface area (Å²) in [4.78, 5) is 3.70. The van der Waals surface area contributed by atoms with Crippen molar-refractivity contribution >= 4 is 16.8 Å². The molecule has 0 bridgehead atoms. The summed E-state index contributed by atoms with van der Waals surface area (Å²) in [5, 5.41) is -0.543. The molecule has 1 unspecified atom stereocenters. The minimum absolute atomic E-state index is 0.0114. The molecule has 0 spiro atoms. The Morgan fingerprint density at radius 3 is 2.48 bits per heavy atom. The van der Waals surface area contributed by atoms with Crippen molar-refractivity contribution in [2.75, 3.05) is 13.7 Å². The molecule has 0 aliphatic carbocycles. The molecule has 0 aromatic heterocycles. The molecular weight excluding hydrogens is 305 g/mol. The second-order valence-corrected chi connectivity index (χ2v) is 5.28. The van der Waals surface area contributed by atoms with E-state index in [1.165, 1.54) is 7.11 Å². The van der Waals surface area contributed by atoms with Crippen LogP contribution in [0.25, 0.3) is 0 Å². The molecule has 0 fully saturated rings. The number of nitrogens with zero attached hydrogens (tertiary/aromatic N) is 1. The number of dihydropyridines is 1. The van der Waals surface area contributed by atoms with Crippen LogP contribution in [0.15, 0.2) is 40.9 Å². The number of hydrogen-bond acceptors (Lipinski definition) is 3. The van der Waals surface area contributed by atoms with Crippen LogP contribution in [0.3, 0.4) is 0 Å². The minimum atomic E-state index is -4.56. The van der Waals surface area contributed by atoms with E-state index in [4.69, 9.17) is 22.1 Å². The van der Waals surface area contributed by atoms with Crippen molar-refractivity contribution in [3.8, 4) is 5.75 Å². The van der Waals surface area contributed by atoms with Gasteiger partial charge < -0.3 is 10.5 Å². The summed E-state index contributed by atoms with van der Waals surface area (Å²) >= 11 is 5.53. The maximum Gasteiger partial charge on any atom is 0.419 e. The van der Waals surface area contributed by atoms with Crippen molar-refractivity contribution in [2.45, 2.75) is 18.1 Å². The smallest absolute Gasteiger partial charge is 0.419 e. The van der Waals surface area contributed by atoms with Crippen LogP contribution in [-0.2, 0) is 6.42 Å². The molecule has 114 valence electrons. The maximum absolute atomic E-state index is 12.9. The van der Waals surface area contributed by atoms with Crippen LogP contribution in [0.1, 0.15) is 5.56 Å². The summed E-state index contributed by atoms with van der Waals surface area (Å²) in [5.74, 6) is 0.668. The standard InChI is InChI=1S/C14H14ClF3N2O/c1-21-10-4-2-9(3-5-10)6-13(19)7-11(14(16,17)18)12(15)20-8-13/h2-5,7H,6,8,19H2,1H3. The lowest BCUT2D eigenvalue weighted by Crippen LogP contribution is -2.47. The van der Waals surface area contributed by atoms with Gasteiger partial charge in [0.1, 0.15) is 10.9 Å². The number of alkyl halides is 3. The molecular formula is C14H14ClF3N2O. The van der Waals surface area contributed by atoms with Crippen molar-refractivity contribution in [1.82, 2.24) is 0 Å². The molecule has 7 heteroatoms. The average Bonchev–Trinajstić information content (AvgIpc) is 2.41. The van der Waals surface area contributed by atoms with E-state index >= 15 is 0 Å². The van der Waals surface area contributed by atoms with Gasteiger partial charge in [0, 0.05) is 0 Å². The summed E-state index contributed by atoms with van der Waals surface area (Å²) < 4.78 is 43.6. The highest BCUT2D eigenvalue weighted by Crippen LogP contribution is 2.33. The number of allylic oxidation sites excluding steroid dienone is 1. The zero-order valence-corrected chi connectivity index (χ0v) is 12.0. The lowest BCUT2D eigenvalue weighted by Gasteiger charge is -2.29. The van der Waals surface area contributed by atoms with E-state index in [0.29, 0.717) is 5.75 Å². The Bertz CT molecular complexity index is 581.